The number of hydrogen-bond acceptors (Lipinski definition) is 4. The Hall–Kier alpha value is -1.77. The Morgan fingerprint density at radius 1 is 1.53 bits per heavy atom. The highest BCUT2D eigenvalue weighted by atomic mass is 19.4. The van der Waals surface area contributed by atoms with Crippen molar-refractivity contribution in [3.8, 4) is 0 Å². The highest BCUT2D eigenvalue weighted by Crippen LogP contribution is 2.33. The van der Waals surface area contributed by atoms with E-state index in [1.165, 1.54) is 0 Å². The molecule has 10 heteroatoms. The minimum atomic E-state index is -4.72. The zero-order valence-electron chi connectivity index (χ0n) is 8.26. The third-order valence-electron chi connectivity index (χ3n) is 1.97. The topological polar surface area (TPSA) is 118 Å². The Balaban J connectivity index is 2.93. The van der Waals surface area contributed by atoms with Crippen molar-refractivity contribution < 1.29 is 23.4 Å². The highest BCUT2D eigenvalue weighted by Gasteiger charge is 2.38. The first-order chi connectivity index (χ1) is 7.88. The standard InChI is InChI=1S/C7H8F3N5O2/c8-7(9,10)6-3(1-12-14-6)5(17)4(16)2-13-15-11/h1,4-5,16-17H,2H2,(H,12,14). The lowest BCUT2D eigenvalue weighted by atomic mass is 10.1. The maximum Gasteiger partial charge on any atom is 0.433 e. The first kappa shape index (κ1) is 13.3. The van der Waals surface area contributed by atoms with E-state index in [0.717, 1.165) is 6.20 Å². The van der Waals surface area contributed by atoms with Gasteiger partial charge in [0.1, 0.15) is 11.8 Å². The monoisotopic (exact) mass is 251 g/mol. The highest BCUT2D eigenvalue weighted by molar-refractivity contribution is 5.23. The molecule has 0 aliphatic carbocycles. The van der Waals surface area contributed by atoms with Crippen molar-refractivity contribution in [2.75, 3.05) is 6.54 Å². The molecule has 0 saturated heterocycles. The van der Waals surface area contributed by atoms with Gasteiger partial charge in [0.05, 0.1) is 18.8 Å². The van der Waals surface area contributed by atoms with Crippen LogP contribution in [-0.2, 0) is 6.18 Å². The number of nitrogens with zero attached hydrogens (tertiary/aromatic N) is 4. The van der Waals surface area contributed by atoms with Gasteiger partial charge in [-0.05, 0) is 5.53 Å². The van der Waals surface area contributed by atoms with Crippen LogP contribution in [0.1, 0.15) is 17.4 Å². The molecule has 2 atom stereocenters. The molecule has 0 aliphatic heterocycles. The number of halogens is 3. The summed E-state index contributed by atoms with van der Waals surface area (Å²) in [7, 11) is 0. The summed E-state index contributed by atoms with van der Waals surface area (Å²) in [5.74, 6) is 0. The molecule has 94 valence electrons. The fourth-order valence-corrected chi connectivity index (χ4v) is 1.17. The molecule has 0 fully saturated rings. The van der Waals surface area contributed by atoms with E-state index in [2.05, 4.69) is 15.1 Å². The predicted molar refractivity (Wildman–Crippen MR) is 48.6 cm³/mol. The van der Waals surface area contributed by atoms with Crippen molar-refractivity contribution in [2.45, 2.75) is 18.4 Å². The second kappa shape index (κ2) is 5.04. The van der Waals surface area contributed by atoms with E-state index in [1.54, 1.807) is 5.10 Å². The van der Waals surface area contributed by atoms with E-state index in [0.29, 0.717) is 0 Å². The van der Waals surface area contributed by atoms with E-state index in [1.807, 2.05) is 0 Å². The average molecular weight is 251 g/mol. The van der Waals surface area contributed by atoms with Crippen LogP contribution >= 0.6 is 0 Å². The van der Waals surface area contributed by atoms with Gasteiger partial charge in [0.2, 0.25) is 0 Å². The number of aromatic amines is 1. The van der Waals surface area contributed by atoms with Crippen LogP contribution in [0.15, 0.2) is 11.3 Å². The molecule has 7 nitrogen and oxygen atoms in total. The van der Waals surface area contributed by atoms with Gasteiger partial charge in [0.25, 0.3) is 0 Å². The molecule has 0 aromatic carbocycles. The van der Waals surface area contributed by atoms with Gasteiger partial charge in [-0.15, -0.1) is 0 Å². The van der Waals surface area contributed by atoms with Crippen molar-refractivity contribution in [2.24, 2.45) is 5.11 Å². The average Bonchev–Trinajstić information content (AvgIpc) is 2.73. The lowest BCUT2D eigenvalue weighted by molar-refractivity contribution is -0.143. The predicted octanol–water partition coefficient (Wildman–Crippen LogP) is 1.13. The first-order valence-electron chi connectivity index (χ1n) is 4.35. The summed E-state index contributed by atoms with van der Waals surface area (Å²) in [6.45, 7) is -0.542. The first-order valence-corrected chi connectivity index (χ1v) is 4.35. The van der Waals surface area contributed by atoms with Gasteiger partial charge < -0.3 is 10.2 Å². The molecule has 1 aromatic rings. The molecule has 1 heterocycles. The molecule has 0 bridgehead atoms. The third kappa shape index (κ3) is 3.09. The van der Waals surface area contributed by atoms with Crippen molar-refractivity contribution in [1.82, 2.24) is 10.2 Å². The Morgan fingerprint density at radius 2 is 2.18 bits per heavy atom. The van der Waals surface area contributed by atoms with Crippen LogP contribution in [0.5, 0.6) is 0 Å². The van der Waals surface area contributed by atoms with Gasteiger partial charge in [-0.3, -0.25) is 5.10 Å². The van der Waals surface area contributed by atoms with E-state index in [4.69, 9.17) is 5.53 Å². The minimum Gasteiger partial charge on any atom is -0.390 e. The number of azide groups is 1. The molecule has 1 rings (SSSR count). The number of aliphatic hydroxyl groups excluding tert-OH is 2. The Labute approximate surface area is 92.5 Å². The molecule has 0 spiro atoms. The number of aliphatic hydroxyl groups is 2. The molecule has 1 aromatic heterocycles. The number of hydrogen-bond donors (Lipinski definition) is 3. The lowest BCUT2D eigenvalue weighted by Crippen LogP contribution is -2.23. The summed E-state index contributed by atoms with van der Waals surface area (Å²) in [6, 6.07) is 0. The van der Waals surface area contributed by atoms with Crippen molar-refractivity contribution >= 4 is 0 Å². The summed E-state index contributed by atoms with van der Waals surface area (Å²) >= 11 is 0. The number of aromatic nitrogens is 2. The summed E-state index contributed by atoms with van der Waals surface area (Å²) in [5, 5.41) is 26.5. The summed E-state index contributed by atoms with van der Waals surface area (Å²) in [6.07, 6.45) is -7.43. The van der Waals surface area contributed by atoms with Crippen molar-refractivity contribution in [3.63, 3.8) is 0 Å². The smallest absolute Gasteiger partial charge is 0.390 e. The Kier molecular flexibility index (Phi) is 3.94. The molecular weight excluding hydrogens is 243 g/mol. The largest absolute Gasteiger partial charge is 0.433 e. The zero-order chi connectivity index (χ0) is 13.1. The fraction of sp³-hybridized carbons (Fsp3) is 0.571. The Morgan fingerprint density at radius 3 is 2.71 bits per heavy atom. The third-order valence-corrected chi connectivity index (χ3v) is 1.97. The fourth-order valence-electron chi connectivity index (χ4n) is 1.17. The molecule has 2 unspecified atom stereocenters. The summed E-state index contributed by atoms with van der Waals surface area (Å²) in [4.78, 5) is 2.32. The number of alkyl halides is 3. The van der Waals surface area contributed by atoms with Crippen LogP contribution in [0.4, 0.5) is 13.2 Å². The number of nitrogens with one attached hydrogen (secondary N) is 1. The normalized spacial score (nSPS) is 15.1. The quantitative estimate of drug-likeness (QED) is 0.422. The second-order valence-electron chi connectivity index (χ2n) is 3.12. The van der Waals surface area contributed by atoms with Crippen LogP contribution in [-0.4, -0.2) is 33.1 Å². The molecule has 3 N–H and O–H groups in total. The van der Waals surface area contributed by atoms with Crippen molar-refractivity contribution in [1.29, 1.82) is 0 Å². The van der Waals surface area contributed by atoms with Crippen LogP contribution in [0.2, 0.25) is 0 Å². The van der Waals surface area contributed by atoms with E-state index < -0.39 is 36.2 Å². The van der Waals surface area contributed by atoms with Crippen molar-refractivity contribution in [3.05, 3.63) is 27.9 Å². The van der Waals surface area contributed by atoms with E-state index in [-0.39, 0.29) is 0 Å². The van der Waals surface area contributed by atoms with Gasteiger partial charge in [-0.2, -0.15) is 18.3 Å². The number of rotatable bonds is 4. The molecule has 0 aliphatic rings. The van der Waals surface area contributed by atoms with Gasteiger partial charge >= 0.3 is 6.18 Å². The van der Waals surface area contributed by atoms with Gasteiger partial charge in [0.15, 0.2) is 0 Å². The molecule has 0 radical (unpaired) electrons. The van der Waals surface area contributed by atoms with E-state index in [9.17, 15) is 23.4 Å². The molecule has 17 heavy (non-hydrogen) atoms. The maximum absolute atomic E-state index is 12.4. The van der Waals surface area contributed by atoms with Crippen LogP contribution in [0, 0.1) is 0 Å². The molecular formula is C7H8F3N5O2. The SMILES string of the molecule is [N-]=[N+]=NCC(O)C(O)c1cn[nH]c1C(F)(F)F. The van der Waals surface area contributed by atoms with E-state index >= 15 is 0 Å². The molecule has 0 amide bonds. The second-order valence-corrected chi connectivity index (χ2v) is 3.12. The lowest BCUT2D eigenvalue weighted by Gasteiger charge is -2.16. The van der Waals surface area contributed by atoms with Gasteiger partial charge in [-0.25, -0.2) is 0 Å². The van der Waals surface area contributed by atoms with Crippen LogP contribution in [0.25, 0.3) is 10.4 Å². The zero-order valence-corrected chi connectivity index (χ0v) is 8.26. The number of H-pyrrole nitrogens is 1. The molecule has 0 saturated carbocycles. The minimum absolute atomic E-state index is 0.542. The summed E-state index contributed by atoms with van der Waals surface area (Å²) < 4.78 is 37.2. The Bertz CT molecular complexity index is 425. The maximum atomic E-state index is 12.4. The van der Waals surface area contributed by atoms with Gasteiger partial charge in [-0.1, -0.05) is 5.11 Å². The van der Waals surface area contributed by atoms with Gasteiger partial charge in [0, 0.05) is 10.5 Å². The summed E-state index contributed by atoms with van der Waals surface area (Å²) in [5.41, 5.74) is 6.13. The van der Waals surface area contributed by atoms with Crippen LogP contribution < -0.4 is 0 Å². The van der Waals surface area contributed by atoms with Crippen LogP contribution in [0.3, 0.4) is 0 Å².